The summed E-state index contributed by atoms with van der Waals surface area (Å²) in [7, 11) is 1.71. The van der Waals surface area contributed by atoms with E-state index in [1.807, 2.05) is 6.92 Å². The van der Waals surface area contributed by atoms with Gasteiger partial charge in [0.2, 0.25) is 5.88 Å². The molecule has 0 aliphatic heterocycles. The van der Waals surface area contributed by atoms with Gasteiger partial charge in [0.15, 0.2) is 0 Å². The number of hydrogen-bond donors (Lipinski definition) is 1. The third-order valence-corrected chi connectivity index (χ3v) is 3.66. The average molecular weight is 279 g/mol. The highest BCUT2D eigenvalue weighted by Crippen LogP contribution is 2.25. The van der Waals surface area contributed by atoms with Crippen molar-refractivity contribution in [3.05, 3.63) is 23.4 Å². The maximum absolute atomic E-state index is 11.1. The van der Waals surface area contributed by atoms with E-state index in [4.69, 9.17) is 14.6 Å². The molecule has 1 aliphatic rings. The molecule has 20 heavy (non-hydrogen) atoms. The SMILES string of the molecule is CCc1cc(C(=O)O)cc(OC2CCCC(OC)C2)n1. The molecule has 5 heteroatoms. The number of aromatic nitrogens is 1. The first-order valence-corrected chi connectivity index (χ1v) is 7.06. The zero-order valence-corrected chi connectivity index (χ0v) is 12.0. The van der Waals surface area contributed by atoms with Gasteiger partial charge in [-0.1, -0.05) is 6.92 Å². The van der Waals surface area contributed by atoms with Gasteiger partial charge in [-0.3, -0.25) is 0 Å². The van der Waals surface area contributed by atoms with Gasteiger partial charge in [-0.2, -0.15) is 0 Å². The van der Waals surface area contributed by atoms with Crippen molar-refractivity contribution in [2.45, 2.75) is 51.2 Å². The van der Waals surface area contributed by atoms with Crippen molar-refractivity contribution in [2.75, 3.05) is 7.11 Å². The molecule has 1 N–H and O–H groups in total. The maximum atomic E-state index is 11.1. The fourth-order valence-corrected chi connectivity index (χ4v) is 2.52. The highest BCUT2D eigenvalue weighted by Gasteiger charge is 2.23. The largest absolute Gasteiger partial charge is 0.478 e. The van der Waals surface area contributed by atoms with E-state index >= 15 is 0 Å². The van der Waals surface area contributed by atoms with Crippen LogP contribution in [-0.4, -0.2) is 35.4 Å². The Hall–Kier alpha value is -1.62. The van der Waals surface area contributed by atoms with Gasteiger partial charge in [0.1, 0.15) is 6.10 Å². The van der Waals surface area contributed by atoms with Gasteiger partial charge in [-0.25, -0.2) is 9.78 Å². The van der Waals surface area contributed by atoms with E-state index in [-0.39, 0.29) is 17.8 Å². The molecule has 1 aromatic rings. The molecule has 1 aromatic heterocycles. The van der Waals surface area contributed by atoms with Crippen LogP contribution in [-0.2, 0) is 11.2 Å². The molecule has 2 rings (SSSR count). The first kappa shape index (κ1) is 14.8. The van der Waals surface area contributed by atoms with E-state index in [9.17, 15) is 4.79 Å². The van der Waals surface area contributed by atoms with Crippen LogP contribution in [0.25, 0.3) is 0 Å². The minimum atomic E-state index is -0.953. The molecule has 110 valence electrons. The van der Waals surface area contributed by atoms with Crippen molar-refractivity contribution < 1.29 is 19.4 Å². The van der Waals surface area contributed by atoms with Gasteiger partial charge in [0.25, 0.3) is 0 Å². The van der Waals surface area contributed by atoms with Crippen LogP contribution in [0.2, 0.25) is 0 Å². The maximum Gasteiger partial charge on any atom is 0.335 e. The summed E-state index contributed by atoms with van der Waals surface area (Å²) in [5.74, 6) is -0.547. The first-order chi connectivity index (χ1) is 9.62. The third kappa shape index (κ3) is 3.70. The van der Waals surface area contributed by atoms with E-state index < -0.39 is 5.97 Å². The molecule has 0 saturated heterocycles. The van der Waals surface area contributed by atoms with Gasteiger partial charge in [-0.15, -0.1) is 0 Å². The molecule has 0 radical (unpaired) electrons. The fourth-order valence-electron chi connectivity index (χ4n) is 2.52. The summed E-state index contributed by atoms with van der Waals surface area (Å²) in [6, 6.07) is 3.09. The van der Waals surface area contributed by atoms with E-state index in [1.165, 1.54) is 6.07 Å². The second-order valence-corrected chi connectivity index (χ2v) is 5.11. The van der Waals surface area contributed by atoms with Crippen molar-refractivity contribution in [1.82, 2.24) is 4.98 Å². The minimum absolute atomic E-state index is 0.0509. The zero-order chi connectivity index (χ0) is 14.5. The molecule has 1 heterocycles. The summed E-state index contributed by atoms with van der Waals surface area (Å²) in [6.45, 7) is 1.94. The molecule has 2 atom stereocenters. The molecule has 0 spiro atoms. The highest BCUT2D eigenvalue weighted by atomic mass is 16.5. The number of carboxylic acid groups (broad SMARTS) is 1. The summed E-state index contributed by atoms with van der Waals surface area (Å²) in [4.78, 5) is 15.5. The summed E-state index contributed by atoms with van der Waals surface area (Å²) >= 11 is 0. The van der Waals surface area contributed by atoms with Crippen LogP contribution in [0.4, 0.5) is 0 Å². The molecule has 1 aliphatic carbocycles. The number of carbonyl (C=O) groups is 1. The second-order valence-electron chi connectivity index (χ2n) is 5.11. The quantitative estimate of drug-likeness (QED) is 0.897. The number of methoxy groups -OCH3 is 1. The van der Waals surface area contributed by atoms with Gasteiger partial charge in [-0.05, 0) is 31.7 Å². The van der Waals surface area contributed by atoms with E-state index in [0.717, 1.165) is 31.4 Å². The number of pyridine rings is 1. The normalized spacial score (nSPS) is 22.5. The van der Waals surface area contributed by atoms with Crippen LogP contribution in [0.15, 0.2) is 12.1 Å². The Kier molecular flexibility index (Phi) is 4.95. The lowest BCUT2D eigenvalue weighted by Crippen LogP contribution is -2.29. The molecule has 1 fully saturated rings. The Morgan fingerprint density at radius 1 is 1.40 bits per heavy atom. The van der Waals surface area contributed by atoms with Crippen LogP contribution >= 0.6 is 0 Å². The summed E-state index contributed by atoms with van der Waals surface area (Å²) in [5, 5.41) is 9.11. The van der Waals surface area contributed by atoms with Crippen molar-refractivity contribution >= 4 is 5.97 Å². The summed E-state index contributed by atoms with van der Waals surface area (Å²) < 4.78 is 11.2. The van der Waals surface area contributed by atoms with Gasteiger partial charge in [0, 0.05) is 25.3 Å². The van der Waals surface area contributed by atoms with E-state index in [0.29, 0.717) is 12.3 Å². The second kappa shape index (κ2) is 6.70. The van der Waals surface area contributed by atoms with Gasteiger partial charge < -0.3 is 14.6 Å². The number of carboxylic acids is 1. The minimum Gasteiger partial charge on any atom is -0.478 e. The summed E-state index contributed by atoms with van der Waals surface area (Å²) in [6.07, 6.45) is 4.86. The van der Waals surface area contributed by atoms with E-state index in [2.05, 4.69) is 4.98 Å². The Balaban J connectivity index is 2.11. The molecule has 1 saturated carbocycles. The molecule has 2 unspecified atom stereocenters. The molecule has 0 amide bonds. The number of aromatic carboxylic acids is 1. The number of nitrogens with zero attached hydrogens (tertiary/aromatic N) is 1. The molecular formula is C15H21NO4. The first-order valence-electron chi connectivity index (χ1n) is 7.06. The average Bonchev–Trinajstić information content (AvgIpc) is 2.47. The van der Waals surface area contributed by atoms with Crippen LogP contribution < -0.4 is 4.74 Å². The van der Waals surface area contributed by atoms with Crippen LogP contribution in [0.5, 0.6) is 5.88 Å². The Labute approximate surface area is 118 Å². The number of aryl methyl sites for hydroxylation is 1. The van der Waals surface area contributed by atoms with Crippen molar-refractivity contribution in [3.8, 4) is 5.88 Å². The predicted molar refractivity (Wildman–Crippen MR) is 74.3 cm³/mol. The molecular weight excluding hydrogens is 258 g/mol. The van der Waals surface area contributed by atoms with Gasteiger partial charge >= 0.3 is 5.97 Å². The van der Waals surface area contributed by atoms with Crippen LogP contribution in [0.3, 0.4) is 0 Å². The lowest BCUT2D eigenvalue weighted by Gasteiger charge is -2.28. The fraction of sp³-hybridized carbons (Fsp3) is 0.600. The van der Waals surface area contributed by atoms with Crippen molar-refractivity contribution in [1.29, 1.82) is 0 Å². The van der Waals surface area contributed by atoms with Gasteiger partial charge in [0.05, 0.1) is 11.7 Å². The van der Waals surface area contributed by atoms with Crippen molar-refractivity contribution in [2.24, 2.45) is 0 Å². The molecule has 5 nitrogen and oxygen atoms in total. The zero-order valence-electron chi connectivity index (χ0n) is 12.0. The lowest BCUT2D eigenvalue weighted by atomic mass is 9.95. The Bertz CT molecular complexity index is 475. The molecule has 0 aromatic carbocycles. The summed E-state index contributed by atoms with van der Waals surface area (Å²) in [5.41, 5.74) is 0.963. The van der Waals surface area contributed by atoms with Crippen LogP contribution in [0.1, 0.15) is 48.7 Å². The standard InChI is InChI=1S/C15H21NO4/c1-3-11-7-10(15(17)18)8-14(16-11)20-13-6-4-5-12(9-13)19-2/h7-8,12-13H,3-6,9H2,1-2H3,(H,17,18). The van der Waals surface area contributed by atoms with Crippen molar-refractivity contribution in [3.63, 3.8) is 0 Å². The highest BCUT2D eigenvalue weighted by molar-refractivity contribution is 5.88. The Morgan fingerprint density at radius 3 is 2.80 bits per heavy atom. The number of hydrogen-bond acceptors (Lipinski definition) is 4. The number of rotatable bonds is 5. The smallest absolute Gasteiger partial charge is 0.335 e. The monoisotopic (exact) mass is 279 g/mol. The Morgan fingerprint density at radius 2 is 2.15 bits per heavy atom. The lowest BCUT2D eigenvalue weighted by molar-refractivity contribution is 0.0193. The number of ether oxygens (including phenoxy) is 2. The molecule has 0 bridgehead atoms. The van der Waals surface area contributed by atoms with Crippen LogP contribution in [0, 0.1) is 0 Å². The topological polar surface area (TPSA) is 68.7 Å². The predicted octanol–water partition coefficient (Wildman–Crippen LogP) is 2.68. The van der Waals surface area contributed by atoms with E-state index in [1.54, 1.807) is 13.2 Å². The third-order valence-electron chi connectivity index (χ3n) is 3.66.